The first kappa shape index (κ1) is 21.0. The largest absolute Gasteiger partial charge is 0.456 e. The van der Waals surface area contributed by atoms with Crippen LogP contribution in [0.1, 0.15) is 27.3 Å². The lowest BCUT2D eigenvalue weighted by atomic mass is 10.1. The maximum absolute atomic E-state index is 12.6. The molecule has 0 atom stereocenters. The van der Waals surface area contributed by atoms with Crippen molar-refractivity contribution in [3.63, 3.8) is 0 Å². The highest BCUT2D eigenvalue weighted by atomic mass is 16.5. The second-order valence-electron chi connectivity index (χ2n) is 6.98. The average Bonchev–Trinajstić information content (AvgIpc) is 3.06. The summed E-state index contributed by atoms with van der Waals surface area (Å²) in [4.78, 5) is 36.4. The van der Waals surface area contributed by atoms with Gasteiger partial charge in [0.1, 0.15) is 6.54 Å². The Hall–Kier alpha value is -3.67. The summed E-state index contributed by atoms with van der Waals surface area (Å²) in [6, 6.07) is 20.8. The van der Waals surface area contributed by atoms with Crippen molar-refractivity contribution in [1.82, 2.24) is 9.88 Å². The summed E-state index contributed by atoms with van der Waals surface area (Å²) in [5, 5.41) is 2.51. The molecule has 1 amide bonds. The molecule has 3 aromatic rings. The molecule has 0 unspecified atom stereocenters. The maximum atomic E-state index is 12.6. The zero-order chi connectivity index (χ0) is 21.5. The topological polar surface area (TPSA) is 77.4 Å². The zero-order valence-corrected chi connectivity index (χ0v) is 17.1. The number of benzene rings is 2. The van der Waals surface area contributed by atoms with Crippen molar-refractivity contribution in [2.45, 2.75) is 20.3 Å². The first-order valence-electron chi connectivity index (χ1n) is 9.69. The van der Waals surface area contributed by atoms with E-state index in [0.717, 1.165) is 22.6 Å². The van der Waals surface area contributed by atoms with Crippen LogP contribution in [-0.2, 0) is 20.7 Å². The minimum atomic E-state index is -0.651. The molecule has 0 aliphatic carbocycles. The first-order chi connectivity index (χ1) is 14.5. The molecule has 0 bridgehead atoms. The molecule has 6 heteroatoms. The van der Waals surface area contributed by atoms with E-state index in [1.807, 2.05) is 79.1 Å². The van der Waals surface area contributed by atoms with Crippen LogP contribution in [-0.4, -0.2) is 35.4 Å². The van der Waals surface area contributed by atoms with Gasteiger partial charge in [0.25, 0.3) is 0 Å². The van der Waals surface area contributed by atoms with Crippen LogP contribution in [0.4, 0.5) is 0 Å². The number of para-hydroxylation sites is 1. The van der Waals surface area contributed by atoms with E-state index in [4.69, 9.17) is 4.74 Å². The van der Waals surface area contributed by atoms with Gasteiger partial charge in [-0.1, -0.05) is 48.5 Å². The van der Waals surface area contributed by atoms with E-state index in [1.165, 1.54) is 0 Å². The summed E-state index contributed by atoms with van der Waals surface area (Å²) in [5.41, 5.74) is 4.03. The van der Waals surface area contributed by atoms with Gasteiger partial charge < -0.3 is 14.6 Å². The molecule has 1 heterocycles. The van der Waals surface area contributed by atoms with Crippen molar-refractivity contribution in [3.05, 3.63) is 89.2 Å². The predicted octanol–water partition coefficient (Wildman–Crippen LogP) is 3.18. The van der Waals surface area contributed by atoms with Gasteiger partial charge in [-0.15, -0.1) is 0 Å². The number of ketones is 1. The molecule has 0 aliphatic heterocycles. The first-order valence-corrected chi connectivity index (χ1v) is 9.69. The number of amides is 1. The van der Waals surface area contributed by atoms with Crippen LogP contribution >= 0.6 is 0 Å². The standard InChI is InChI=1S/C24H24N2O4/c1-17-13-21(18(2)26(17)20-11-7-4-8-12-20)22(27)16-30-24(29)15-25-23(28)14-19-9-5-3-6-10-19/h3-13H,14-16H2,1-2H3,(H,25,28). The Morgan fingerprint density at radius 2 is 1.57 bits per heavy atom. The lowest BCUT2D eigenvalue weighted by Crippen LogP contribution is -2.32. The highest BCUT2D eigenvalue weighted by Gasteiger charge is 2.18. The summed E-state index contributed by atoms with van der Waals surface area (Å²) >= 11 is 0. The molecule has 154 valence electrons. The van der Waals surface area contributed by atoms with Gasteiger partial charge in [-0.25, -0.2) is 0 Å². The molecule has 0 saturated heterocycles. The number of carbonyl (C=O) groups is 3. The fourth-order valence-corrected chi connectivity index (χ4v) is 3.31. The summed E-state index contributed by atoms with van der Waals surface area (Å²) in [7, 11) is 0. The number of aromatic nitrogens is 1. The fourth-order valence-electron chi connectivity index (χ4n) is 3.31. The molecule has 2 aromatic carbocycles. The zero-order valence-electron chi connectivity index (χ0n) is 17.1. The molecule has 0 fully saturated rings. The Kier molecular flexibility index (Phi) is 6.80. The van der Waals surface area contributed by atoms with Crippen LogP contribution in [0, 0.1) is 13.8 Å². The second-order valence-corrected chi connectivity index (χ2v) is 6.98. The molecule has 0 radical (unpaired) electrons. The van der Waals surface area contributed by atoms with Crippen LogP contribution < -0.4 is 5.32 Å². The van der Waals surface area contributed by atoms with Gasteiger partial charge in [0.15, 0.2) is 6.61 Å². The summed E-state index contributed by atoms with van der Waals surface area (Å²) < 4.78 is 7.04. The number of carbonyl (C=O) groups excluding carboxylic acids is 3. The van der Waals surface area contributed by atoms with E-state index in [2.05, 4.69) is 5.32 Å². The van der Waals surface area contributed by atoms with Crippen molar-refractivity contribution in [2.24, 2.45) is 0 Å². The maximum Gasteiger partial charge on any atom is 0.325 e. The van der Waals surface area contributed by atoms with Gasteiger partial charge in [-0.2, -0.15) is 0 Å². The lowest BCUT2D eigenvalue weighted by molar-refractivity contribution is -0.142. The molecular formula is C24H24N2O4. The summed E-state index contributed by atoms with van der Waals surface area (Å²) in [6.45, 7) is 3.14. The van der Waals surface area contributed by atoms with Crippen molar-refractivity contribution >= 4 is 17.7 Å². The van der Waals surface area contributed by atoms with Gasteiger partial charge >= 0.3 is 5.97 Å². The second kappa shape index (κ2) is 9.69. The minimum Gasteiger partial charge on any atom is -0.456 e. The third-order valence-electron chi connectivity index (χ3n) is 4.75. The third kappa shape index (κ3) is 5.23. The van der Waals surface area contributed by atoms with Gasteiger partial charge in [-0.3, -0.25) is 14.4 Å². The number of ether oxygens (including phenoxy) is 1. The number of esters is 1. The van der Waals surface area contributed by atoms with Crippen molar-refractivity contribution in [1.29, 1.82) is 0 Å². The number of rotatable bonds is 8. The van der Waals surface area contributed by atoms with Gasteiger partial charge in [-0.05, 0) is 37.6 Å². The Morgan fingerprint density at radius 1 is 0.933 bits per heavy atom. The smallest absolute Gasteiger partial charge is 0.325 e. The molecule has 1 aromatic heterocycles. The van der Waals surface area contributed by atoms with Crippen LogP contribution in [0.25, 0.3) is 5.69 Å². The van der Waals surface area contributed by atoms with Crippen LogP contribution in [0.5, 0.6) is 0 Å². The van der Waals surface area contributed by atoms with Crippen LogP contribution in [0.3, 0.4) is 0 Å². The number of aryl methyl sites for hydroxylation is 1. The normalized spacial score (nSPS) is 10.5. The average molecular weight is 404 g/mol. The Bertz CT molecular complexity index is 1040. The number of Topliss-reactive ketones (excluding diaryl/α,β-unsaturated/α-hetero) is 1. The number of nitrogens with one attached hydrogen (secondary N) is 1. The molecular weight excluding hydrogens is 380 g/mol. The Labute approximate surface area is 175 Å². The van der Waals surface area contributed by atoms with E-state index in [9.17, 15) is 14.4 Å². The number of hydrogen-bond donors (Lipinski definition) is 1. The SMILES string of the molecule is Cc1cc(C(=O)COC(=O)CNC(=O)Cc2ccccc2)c(C)n1-c1ccccc1. The van der Waals surface area contributed by atoms with Crippen LogP contribution in [0.2, 0.25) is 0 Å². The van der Waals surface area contributed by atoms with E-state index in [0.29, 0.717) is 5.56 Å². The van der Waals surface area contributed by atoms with Gasteiger partial charge in [0, 0.05) is 22.6 Å². The monoisotopic (exact) mass is 404 g/mol. The molecule has 0 saturated carbocycles. The van der Waals surface area contributed by atoms with E-state index in [1.54, 1.807) is 6.07 Å². The highest BCUT2D eigenvalue weighted by molar-refractivity contribution is 5.99. The van der Waals surface area contributed by atoms with E-state index in [-0.39, 0.29) is 31.3 Å². The summed E-state index contributed by atoms with van der Waals surface area (Å²) in [5.74, 6) is -1.22. The third-order valence-corrected chi connectivity index (χ3v) is 4.75. The van der Waals surface area contributed by atoms with E-state index < -0.39 is 5.97 Å². The molecule has 30 heavy (non-hydrogen) atoms. The van der Waals surface area contributed by atoms with Crippen molar-refractivity contribution in [2.75, 3.05) is 13.2 Å². The quantitative estimate of drug-likeness (QED) is 0.462. The molecule has 3 rings (SSSR count). The molecule has 0 spiro atoms. The van der Waals surface area contributed by atoms with Gasteiger partial charge in [0.2, 0.25) is 11.7 Å². The molecule has 0 aliphatic rings. The Morgan fingerprint density at radius 3 is 2.23 bits per heavy atom. The van der Waals surface area contributed by atoms with Crippen molar-refractivity contribution in [3.8, 4) is 5.69 Å². The van der Waals surface area contributed by atoms with Crippen LogP contribution in [0.15, 0.2) is 66.7 Å². The Balaban J connectivity index is 1.52. The lowest BCUT2D eigenvalue weighted by Gasteiger charge is -2.10. The predicted molar refractivity (Wildman–Crippen MR) is 114 cm³/mol. The molecule has 1 N–H and O–H groups in total. The highest BCUT2D eigenvalue weighted by Crippen LogP contribution is 2.21. The minimum absolute atomic E-state index is 0.179. The summed E-state index contributed by atoms with van der Waals surface area (Å²) in [6.07, 6.45) is 0.179. The molecule has 6 nitrogen and oxygen atoms in total. The number of nitrogens with zero attached hydrogens (tertiary/aromatic N) is 1. The van der Waals surface area contributed by atoms with E-state index >= 15 is 0 Å². The fraction of sp³-hybridized carbons (Fsp3) is 0.208. The van der Waals surface area contributed by atoms with Crippen molar-refractivity contribution < 1.29 is 19.1 Å². The number of hydrogen-bond acceptors (Lipinski definition) is 4. The van der Waals surface area contributed by atoms with Gasteiger partial charge in [0.05, 0.1) is 6.42 Å².